The van der Waals surface area contributed by atoms with Gasteiger partial charge >= 0.3 is 5.97 Å². The predicted octanol–water partition coefficient (Wildman–Crippen LogP) is 5.41. The summed E-state index contributed by atoms with van der Waals surface area (Å²) in [5.74, 6) is 0.615. The number of rotatable bonds is 8. The fourth-order valence-electron chi connectivity index (χ4n) is 5.51. The monoisotopic (exact) mass is 615 g/mol. The summed E-state index contributed by atoms with van der Waals surface area (Å²) in [6.45, 7) is 3.98. The quantitative estimate of drug-likeness (QED) is 0.216. The van der Waals surface area contributed by atoms with Gasteiger partial charge in [0.1, 0.15) is 24.1 Å². The van der Waals surface area contributed by atoms with Gasteiger partial charge in [-0.25, -0.2) is 9.79 Å². The van der Waals surface area contributed by atoms with Crippen LogP contribution in [0.1, 0.15) is 42.1 Å². The second kappa shape index (κ2) is 12.6. The number of fused-ring (bicyclic) bond motifs is 2. The maximum absolute atomic E-state index is 14.3. The molecule has 0 spiro atoms. The van der Waals surface area contributed by atoms with Crippen LogP contribution in [0.3, 0.4) is 0 Å². The Balaban J connectivity index is 1.50. The smallest absolute Gasteiger partial charge is 0.338 e. The molecule has 9 heteroatoms. The van der Waals surface area contributed by atoms with Gasteiger partial charge in [0.05, 0.1) is 41.2 Å². The Hall–Kier alpha value is -5.46. The summed E-state index contributed by atoms with van der Waals surface area (Å²) < 4.78 is 19.5. The Morgan fingerprint density at radius 1 is 1.02 bits per heavy atom. The third-order valence-electron chi connectivity index (χ3n) is 7.62. The highest BCUT2D eigenvalue weighted by molar-refractivity contribution is 7.07. The van der Waals surface area contributed by atoms with Crippen molar-refractivity contribution in [3.63, 3.8) is 0 Å². The van der Waals surface area contributed by atoms with Crippen molar-refractivity contribution in [2.45, 2.75) is 26.5 Å². The van der Waals surface area contributed by atoms with Gasteiger partial charge in [-0.2, -0.15) is 5.26 Å². The Morgan fingerprint density at radius 3 is 2.53 bits per heavy atom. The molecule has 224 valence electrons. The highest BCUT2D eigenvalue weighted by Crippen LogP contribution is 2.40. The minimum absolute atomic E-state index is 0.179. The molecule has 6 rings (SSSR count). The first kappa shape index (κ1) is 29.6. The maximum atomic E-state index is 14.3. The first-order valence-corrected chi connectivity index (χ1v) is 15.2. The Labute approximate surface area is 263 Å². The van der Waals surface area contributed by atoms with Crippen molar-refractivity contribution in [1.29, 1.82) is 5.26 Å². The van der Waals surface area contributed by atoms with Crippen LogP contribution >= 0.6 is 11.3 Å². The van der Waals surface area contributed by atoms with E-state index in [1.807, 2.05) is 72.8 Å². The average Bonchev–Trinajstić information content (AvgIpc) is 3.37. The van der Waals surface area contributed by atoms with Crippen LogP contribution < -0.4 is 24.4 Å². The maximum Gasteiger partial charge on any atom is 0.338 e. The molecule has 1 aliphatic heterocycles. The number of ether oxygens (including phenoxy) is 3. The summed E-state index contributed by atoms with van der Waals surface area (Å²) in [7, 11) is 1.58. The van der Waals surface area contributed by atoms with Gasteiger partial charge in [0, 0.05) is 11.1 Å². The number of nitrogens with zero attached hydrogens (tertiary/aromatic N) is 3. The molecule has 1 aliphatic rings. The first-order chi connectivity index (χ1) is 21.9. The van der Waals surface area contributed by atoms with Crippen molar-refractivity contribution < 1.29 is 19.0 Å². The number of hydrogen-bond donors (Lipinski definition) is 0. The molecule has 0 saturated heterocycles. The van der Waals surface area contributed by atoms with Crippen LogP contribution in [0, 0.1) is 11.3 Å². The highest BCUT2D eigenvalue weighted by atomic mass is 32.1. The molecule has 0 saturated carbocycles. The van der Waals surface area contributed by atoms with E-state index in [1.165, 1.54) is 11.3 Å². The minimum Gasteiger partial charge on any atom is -0.496 e. The zero-order chi connectivity index (χ0) is 31.5. The van der Waals surface area contributed by atoms with E-state index in [9.17, 15) is 9.59 Å². The lowest BCUT2D eigenvalue weighted by Gasteiger charge is -2.27. The van der Waals surface area contributed by atoms with Gasteiger partial charge in [-0.15, -0.1) is 0 Å². The number of aromatic nitrogens is 1. The lowest BCUT2D eigenvalue weighted by molar-refractivity contribution is -0.139. The third-order valence-corrected chi connectivity index (χ3v) is 8.61. The summed E-state index contributed by atoms with van der Waals surface area (Å²) in [5, 5.41) is 10.9. The number of esters is 1. The van der Waals surface area contributed by atoms with Crippen LogP contribution in [0.2, 0.25) is 0 Å². The second-order valence-electron chi connectivity index (χ2n) is 10.3. The van der Waals surface area contributed by atoms with Crippen LogP contribution in [0.5, 0.6) is 11.5 Å². The standard InChI is InChI=1S/C36H29N3O5S/c1-4-43-35(41)31-22(2)38-36-39(33(31)32-27-11-7-5-9-25(27)17-18-29(32)42-3)34(40)30(45-36)19-26-10-6-8-12-28(26)44-21-24-15-13-23(20-37)14-16-24/h5-19,33H,4,21H2,1-3H3/b30-19-/t33-/m1/s1. The van der Waals surface area contributed by atoms with Gasteiger partial charge in [-0.1, -0.05) is 72.0 Å². The van der Waals surface area contributed by atoms with Crippen LogP contribution in [0.15, 0.2) is 106 Å². The van der Waals surface area contributed by atoms with Gasteiger partial charge in [0.2, 0.25) is 0 Å². The van der Waals surface area contributed by atoms with Crippen molar-refractivity contribution in [3.05, 3.63) is 138 Å². The lowest BCUT2D eigenvalue weighted by atomic mass is 9.90. The lowest BCUT2D eigenvalue weighted by Crippen LogP contribution is -2.40. The van der Waals surface area contributed by atoms with Gasteiger partial charge in [0.15, 0.2) is 4.80 Å². The van der Waals surface area contributed by atoms with Crippen molar-refractivity contribution in [2.24, 2.45) is 4.99 Å². The number of para-hydroxylation sites is 1. The molecule has 4 aromatic carbocycles. The molecule has 5 aromatic rings. The Bertz CT molecular complexity index is 2190. The summed E-state index contributed by atoms with van der Waals surface area (Å²) in [6, 6.07) is 27.6. The van der Waals surface area contributed by atoms with E-state index >= 15 is 0 Å². The molecular formula is C36H29N3O5S. The van der Waals surface area contributed by atoms with Crippen molar-refractivity contribution in [1.82, 2.24) is 4.57 Å². The molecule has 0 aliphatic carbocycles. The molecule has 45 heavy (non-hydrogen) atoms. The van der Waals surface area contributed by atoms with E-state index in [2.05, 4.69) is 6.07 Å². The Morgan fingerprint density at radius 2 is 1.78 bits per heavy atom. The van der Waals surface area contributed by atoms with Crippen LogP contribution in [0.4, 0.5) is 0 Å². The molecule has 0 radical (unpaired) electrons. The normalized spacial score (nSPS) is 14.4. The number of methoxy groups -OCH3 is 1. The minimum atomic E-state index is -0.827. The summed E-state index contributed by atoms with van der Waals surface area (Å²) in [6.07, 6.45) is 1.79. The van der Waals surface area contributed by atoms with E-state index in [0.717, 1.165) is 21.9 Å². The molecule has 2 heterocycles. The molecule has 0 amide bonds. The number of benzene rings is 4. The van der Waals surface area contributed by atoms with Crippen LogP contribution in [0.25, 0.3) is 16.8 Å². The molecule has 1 aromatic heterocycles. The zero-order valence-electron chi connectivity index (χ0n) is 24.9. The fraction of sp³-hybridized carbons (Fsp3) is 0.167. The molecule has 0 fully saturated rings. The average molecular weight is 616 g/mol. The van der Waals surface area contributed by atoms with Gasteiger partial charge < -0.3 is 14.2 Å². The van der Waals surface area contributed by atoms with Crippen molar-refractivity contribution in [2.75, 3.05) is 13.7 Å². The van der Waals surface area contributed by atoms with Crippen LogP contribution in [-0.2, 0) is 16.1 Å². The fourth-order valence-corrected chi connectivity index (χ4v) is 6.55. The summed E-state index contributed by atoms with van der Waals surface area (Å²) in [5.41, 5.74) is 3.37. The van der Waals surface area contributed by atoms with E-state index < -0.39 is 12.0 Å². The molecular weight excluding hydrogens is 586 g/mol. The summed E-state index contributed by atoms with van der Waals surface area (Å²) in [4.78, 5) is 33.0. The molecule has 8 nitrogen and oxygen atoms in total. The number of nitriles is 1. The van der Waals surface area contributed by atoms with Crippen molar-refractivity contribution >= 4 is 34.2 Å². The first-order valence-electron chi connectivity index (χ1n) is 14.4. The number of carbonyl (C=O) groups is 1. The van der Waals surface area contributed by atoms with Gasteiger partial charge in [-0.05, 0) is 60.5 Å². The predicted molar refractivity (Wildman–Crippen MR) is 173 cm³/mol. The third kappa shape index (κ3) is 5.64. The summed E-state index contributed by atoms with van der Waals surface area (Å²) >= 11 is 1.25. The largest absolute Gasteiger partial charge is 0.496 e. The highest BCUT2D eigenvalue weighted by Gasteiger charge is 2.36. The van der Waals surface area contributed by atoms with E-state index in [1.54, 1.807) is 43.7 Å². The number of carbonyl (C=O) groups excluding carboxylic acids is 1. The molecule has 0 unspecified atom stereocenters. The number of thiazole rings is 1. The number of allylic oxidation sites excluding steroid dienone is 1. The molecule has 0 bridgehead atoms. The zero-order valence-corrected chi connectivity index (χ0v) is 25.8. The molecule has 1 atom stereocenters. The number of hydrogen-bond acceptors (Lipinski definition) is 8. The molecule has 0 N–H and O–H groups in total. The van der Waals surface area contributed by atoms with Gasteiger partial charge in [0.25, 0.3) is 5.56 Å². The Kier molecular flexibility index (Phi) is 8.32. The van der Waals surface area contributed by atoms with E-state index in [-0.39, 0.29) is 17.7 Å². The second-order valence-corrected chi connectivity index (χ2v) is 11.3. The topological polar surface area (TPSA) is 103 Å². The van der Waals surface area contributed by atoms with Crippen molar-refractivity contribution in [3.8, 4) is 17.6 Å². The SMILES string of the molecule is CCOC(=O)C1=C(C)N=c2s/c(=C\c3ccccc3OCc3ccc(C#N)cc3)c(=O)n2[C@H]1c1c(OC)ccc2ccccc12. The van der Waals surface area contributed by atoms with E-state index in [4.69, 9.17) is 24.5 Å². The van der Waals surface area contributed by atoms with Crippen LogP contribution in [-0.4, -0.2) is 24.3 Å². The van der Waals surface area contributed by atoms with E-state index in [0.29, 0.717) is 44.3 Å². The van der Waals surface area contributed by atoms with Gasteiger partial charge in [-0.3, -0.25) is 9.36 Å².